The van der Waals surface area contributed by atoms with Crippen molar-refractivity contribution in [2.45, 2.75) is 23.9 Å². The third-order valence-corrected chi connectivity index (χ3v) is 7.50. The molecule has 0 saturated carbocycles. The number of piperazine rings is 1. The molecule has 0 radical (unpaired) electrons. The van der Waals surface area contributed by atoms with Crippen molar-refractivity contribution in [3.63, 3.8) is 0 Å². The molecule has 0 spiro atoms. The second kappa shape index (κ2) is 8.37. The van der Waals surface area contributed by atoms with Crippen molar-refractivity contribution in [3.05, 3.63) is 59.9 Å². The van der Waals surface area contributed by atoms with Crippen LogP contribution in [-0.2, 0) is 21.4 Å². The van der Waals surface area contributed by atoms with E-state index >= 15 is 0 Å². The number of benzene rings is 1. The summed E-state index contributed by atoms with van der Waals surface area (Å²) in [4.78, 5) is 20.4. The molecule has 4 rings (SSSR count). The lowest BCUT2D eigenvalue weighted by Crippen LogP contribution is -2.53. The number of hydrogen-bond donors (Lipinski definition) is 0. The zero-order valence-corrected chi connectivity index (χ0v) is 17.1. The maximum atomic E-state index is 13.5. The first-order valence-corrected chi connectivity index (χ1v) is 11.2. The highest BCUT2D eigenvalue weighted by Crippen LogP contribution is 2.24. The van der Waals surface area contributed by atoms with Crippen LogP contribution in [0.2, 0.25) is 0 Å². The van der Waals surface area contributed by atoms with Gasteiger partial charge in [0.05, 0.1) is 10.9 Å². The summed E-state index contributed by atoms with van der Waals surface area (Å²) in [6, 6.07) is 6.07. The van der Waals surface area contributed by atoms with Gasteiger partial charge in [0.1, 0.15) is 0 Å². The van der Waals surface area contributed by atoms with E-state index in [9.17, 15) is 22.0 Å². The van der Waals surface area contributed by atoms with Crippen molar-refractivity contribution >= 4 is 15.9 Å². The Balaban J connectivity index is 1.37. The quantitative estimate of drug-likeness (QED) is 0.710. The van der Waals surface area contributed by atoms with Gasteiger partial charge in [-0.05, 0) is 36.2 Å². The van der Waals surface area contributed by atoms with Crippen LogP contribution in [0, 0.1) is 11.6 Å². The van der Waals surface area contributed by atoms with Gasteiger partial charge in [-0.1, -0.05) is 6.07 Å². The second-order valence-corrected chi connectivity index (χ2v) is 9.38. The summed E-state index contributed by atoms with van der Waals surface area (Å²) >= 11 is 0. The van der Waals surface area contributed by atoms with Crippen LogP contribution in [0.5, 0.6) is 0 Å². The zero-order chi connectivity index (χ0) is 21.3. The van der Waals surface area contributed by atoms with E-state index < -0.39 is 21.7 Å². The smallest absolute Gasteiger partial charge is 0.243 e. The van der Waals surface area contributed by atoms with Gasteiger partial charge in [-0.15, -0.1) is 0 Å². The average molecular weight is 436 g/mol. The molecular weight excluding hydrogens is 414 g/mol. The lowest BCUT2D eigenvalue weighted by atomic mass is 10.2. The SMILES string of the molecule is O=C1C(N2CCN(S(=O)(=O)c3ccc(F)c(F)c3)CC2)CCN1Cc1cccnc1. The number of sulfonamides is 1. The van der Waals surface area contributed by atoms with Gasteiger partial charge in [-0.2, -0.15) is 4.31 Å². The highest BCUT2D eigenvalue weighted by molar-refractivity contribution is 7.89. The van der Waals surface area contributed by atoms with Crippen LogP contribution in [0.15, 0.2) is 47.6 Å². The molecule has 2 aromatic rings. The molecule has 160 valence electrons. The number of hydrogen-bond acceptors (Lipinski definition) is 5. The largest absolute Gasteiger partial charge is 0.337 e. The molecular formula is C20H22F2N4O3S. The molecule has 2 aliphatic rings. The average Bonchev–Trinajstić information content (AvgIpc) is 3.11. The minimum absolute atomic E-state index is 0.0377. The molecule has 2 saturated heterocycles. The predicted octanol–water partition coefficient (Wildman–Crippen LogP) is 1.47. The number of carbonyl (C=O) groups is 1. The van der Waals surface area contributed by atoms with Gasteiger partial charge in [0.15, 0.2) is 11.6 Å². The maximum absolute atomic E-state index is 13.5. The number of amides is 1. The van der Waals surface area contributed by atoms with Gasteiger partial charge in [-0.25, -0.2) is 17.2 Å². The van der Waals surface area contributed by atoms with Crippen LogP contribution < -0.4 is 0 Å². The van der Waals surface area contributed by atoms with E-state index in [2.05, 4.69) is 4.98 Å². The number of carbonyl (C=O) groups excluding carboxylic acids is 1. The van der Waals surface area contributed by atoms with Crippen LogP contribution in [0.1, 0.15) is 12.0 Å². The molecule has 0 aliphatic carbocycles. The predicted molar refractivity (Wildman–Crippen MR) is 105 cm³/mol. The molecule has 3 heterocycles. The maximum Gasteiger partial charge on any atom is 0.243 e. The first-order valence-electron chi connectivity index (χ1n) is 9.73. The summed E-state index contributed by atoms with van der Waals surface area (Å²) in [5.41, 5.74) is 0.967. The van der Waals surface area contributed by atoms with Crippen LogP contribution in [0.4, 0.5) is 8.78 Å². The van der Waals surface area contributed by atoms with E-state index in [-0.39, 0.29) is 29.9 Å². The number of rotatable bonds is 5. The third-order valence-electron chi connectivity index (χ3n) is 5.61. The van der Waals surface area contributed by atoms with E-state index in [0.717, 1.165) is 17.7 Å². The number of nitrogens with zero attached hydrogens (tertiary/aromatic N) is 4. The number of aromatic nitrogens is 1. The fourth-order valence-electron chi connectivity index (χ4n) is 3.97. The number of pyridine rings is 1. The molecule has 1 unspecified atom stereocenters. The van der Waals surface area contributed by atoms with Gasteiger partial charge >= 0.3 is 0 Å². The number of likely N-dealkylation sites (tertiary alicyclic amines) is 1. The third kappa shape index (κ3) is 4.07. The van der Waals surface area contributed by atoms with Crippen LogP contribution in [-0.4, -0.2) is 72.2 Å². The summed E-state index contributed by atoms with van der Waals surface area (Å²) in [7, 11) is -3.92. The fourth-order valence-corrected chi connectivity index (χ4v) is 5.41. The highest BCUT2D eigenvalue weighted by atomic mass is 32.2. The van der Waals surface area contributed by atoms with Crippen molar-refractivity contribution in [1.29, 1.82) is 0 Å². The van der Waals surface area contributed by atoms with E-state index in [1.807, 2.05) is 17.0 Å². The summed E-state index contributed by atoms with van der Waals surface area (Å²) < 4.78 is 53.3. The Hall–Kier alpha value is -2.43. The Labute approximate surface area is 174 Å². The van der Waals surface area contributed by atoms with Crippen molar-refractivity contribution < 1.29 is 22.0 Å². The van der Waals surface area contributed by atoms with Gasteiger partial charge in [0, 0.05) is 51.7 Å². The highest BCUT2D eigenvalue weighted by Gasteiger charge is 2.38. The van der Waals surface area contributed by atoms with Crippen LogP contribution in [0.3, 0.4) is 0 Å². The first kappa shape index (κ1) is 20.8. The Bertz CT molecular complexity index is 1030. The minimum atomic E-state index is -3.92. The monoisotopic (exact) mass is 436 g/mol. The van der Waals surface area contributed by atoms with E-state index in [1.54, 1.807) is 17.3 Å². The topological polar surface area (TPSA) is 73.8 Å². The molecule has 10 heteroatoms. The molecule has 30 heavy (non-hydrogen) atoms. The molecule has 1 aromatic heterocycles. The van der Waals surface area contributed by atoms with Gasteiger partial charge in [0.25, 0.3) is 0 Å². The zero-order valence-electron chi connectivity index (χ0n) is 16.2. The molecule has 2 aliphatic heterocycles. The van der Waals surface area contributed by atoms with Crippen LogP contribution in [0.25, 0.3) is 0 Å². The van der Waals surface area contributed by atoms with Crippen molar-refractivity contribution in [2.75, 3.05) is 32.7 Å². The second-order valence-electron chi connectivity index (χ2n) is 7.44. The van der Waals surface area contributed by atoms with E-state index in [4.69, 9.17) is 0 Å². The molecule has 1 amide bonds. The molecule has 7 nitrogen and oxygen atoms in total. The minimum Gasteiger partial charge on any atom is -0.337 e. The summed E-state index contributed by atoms with van der Waals surface area (Å²) in [5.74, 6) is -2.25. The van der Waals surface area contributed by atoms with Crippen molar-refractivity contribution in [2.24, 2.45) is 0 Å². The molecule has 0 bridgehead atoms. The normalized spacial score (nSPS) is 21.3. The Morgan fingerprint density at radius 1 is 1.03 bits per heavy atom. The molecule has 1 aromatic carbocycles. The molecule has 2 fully saturated rings. The lowest BCUT2D eigenvalue weighted by Gasteiger charge is -2.36. The van der Waals surface area contributed by atoms with Crippen LogP contribution >= 0.6 is 0 Å². The van der Waals surface area contributed by atoms with Gasteiger partial charge in [-0.3, -0.25) is 14.7 Å². The van der Waals surface area contributed by atoms with E-state index in [0.29, 0.717) is 38.7 Å². The summed E-state index contributed by atoms with van der Waals surface area (Å²) in [6.45, 7) is 2.33. The Morgan fingerprint density at radius 3 is 2.47 bits per heavy atom. The summed E-state index contributed by atoms with van der Waals surface area (Å²) in [6.07, 6.45) is 4.11. The summed E-state index contributed by atoms with van der Waals surface area (Å²) in [5, 5.41) is 0. The van der Waals surface area contributed by atoms with Crippen molar-refractivity contribution in [3.8, 4) is 0 Å². The Kier molecular flexibility index (Phi) is 5.81. The lowest BCUT2D eigenvalue weighted by molar-refractivity contribution is -0.133. The van der Waals surface area contributed by atoms with Gasteiger partial charge < -0.3 is 4.90 Å². The fraction of sp³-hybridized carbons (Fsp3) is 0.400. The Morgan fingerprint density at radius 2 is 1.80 bits per heavy atom. The number of halogens is 2. The van der Waals surface area contributed by atoms with Crippen molar-refractivity contribution in [1.82, 2.24) is 19.1 Å². The molecule has 1 atom stereocenters. The van der Waals surface area contributed by atoms with Gasteiger partial charge in [0.2, 0.25) is 15.9 Å². The first-order chi connectivity index (χ1) is 14.4. The standard InChI is InChI=1S/C20H22F2N4O3S/c21-17-4-3-16(12-18(17)22)30(28,29)26-10-8-24(9-11-26)19-5-7-25(20(19)27)14-15-2-1-6-23-13-15/h1-4,6,12-13,19H,5,7-11,14H2. The molecule has 0 N–H and O–H groups in total. The van der Waals surface area contributed by atoms with E-state index in [1.165, 1.54) is 4.31 Å².